The predicted octanol–water partition coefficient (Wildman–Crippen LogP) is 3.89. The average Bonchev–Trinajstić information content (AvgIpc) is 2.39. The van der Waals surface area contributed by atoms with E-state index < -0.39 is 0 Å². The minimum Gasteiger partial charge on any atom is -0.458 e. The Labute approximate surface area is 179 Å². The number of likely N-dealkylation sites (tertiary alicyclic amines) is 1. The smallest absolute Gasteiger partial charge is 0.339 e. The molecule has 1 N–H and O–H groups in total. The number of ether oxygens (including phenoxy) is 1. The van der Waals surface area contributed by atoms with E-state index in [-0.39, 0.29) is 23.2 Å². The maximum Gasteiger partial charge on any atom is 0.339 e. The van der Waals surface area contributed by atoms with Gasteiger partial charge >= 0.3 is 5.97 Å². The van der Waals surface area contributed by atoms with Crippen LogP contribution in [0, 0.1) is 10.7 Å². The fourth-order valence-electron chi connectivity index (χ4n) is 3.44. The van der Waals surface area contributed by atoms with Crippen LogP contribution in [-0.2, 0) is 4.74 Å². The minimum atomic E-state index is -0.193. The Morgan fingerprint density at radius 2 is 1.65 bits per heavy atom. The minimum absolute atomic E-state index is 0.0254. The quantitative estimate of drug-likeness (QED) is 0.299. The maximum atomic E-state index is 12.7. The largest absolute Gasteiger partial charge is 0.458 e. The van der Waals surface area contributed by atoms with E-state index in [4.69, 9.17) is 4.74 Å². The standard InChI is InChI=1S/C17H22I3NO2/c1-16(2)8-11(9-17(3,4)21(16)5)23-15(22)12-6-10(18)7-13(19)14(12)20/h6-7,11H,8-9H2,1-5H3/p+1. The average molecular weight is 654 g/mol. The summed E-state index contributed by atoms with van der Waals surface area (Å²) in [7, 11) is 2.24. The van der Waals surface area contributed by atoms with Gasteiger partial charge < -0.3 is 9.64 Å². The zero-order valence-electron chi connectivity index (χ0n) is 14.1. The second kappa shape index (κ2) is 7.22. The van der Waals surface area contributed by atoms with Crippen molar-refractivity contribution < 1.29 is 14.4 Å². The summed E-state index contributed by atoms with van der Waals surface area (Å²) in [6.07, 6.45) is 1.76. The second-order valence-electron chi connectivity index (χ2n) is 7.58. The van der Waals surface area contributed by atoms with Crippen molar-refractivity contribution in [2.45, 2.75) is 57.7 Å². The third kappa shape index (κ3) is 4.52. The molecule has 1 aliphatic rings. The molecule has 1 fully saturated rings. The molecule has 0 unspecified atom stereocenters. The molecule has 1 heterocycles. The highest BCUT2D eigenvalue weighted by Gasteiger charge is 2.48. The Morgan fingerprint density at radius 1 is 1.13 bits per heavy atom. The van der Waals surface area contributed by atoms with Crippen LogP contribution in [0.15, 0.2) is 12.1 Å². The molecule has 1 saturated heterocycles. The number of quaternary nitrogens is 1. The van der Waals surface area contributed by atoms with Crippen LogP contribution in [0.1, 0.15) is 50.9 Å². The van der Waals surface area contributed by atoms with E-state index in [2.05, 4.69) is 109 Å². The van der Waals surface area contributed by atoms with Crippen LogP contribution in [-0.4, -0.2) is 30.2 Å². The monoisotopic (exact) mass is 654 g/mol. The summed E-state index contributed by atoms with van der Waals surface area (Å²) in [5, 5.41) is 0. The molecule has 23 heavy (non-hydrogen) atoms. The third-order valence-electron chi connectivity index (χ3n) is 4.99. The van der Waals surface area contributed by atoms with Crippen molar-refractivity contribution in [3.05, 3.63) is 28.4 Å². The predicted molar refractivity (Wildman–Crippen MR) is 118 cm³/mol. The van der Waals surface area contributed by atoms with Gasteiger partial charge in [0.05, 0.1) is 23.7 Å². The van der Waals surface area contributed by atoms with Crippen LogP contribution in [0.2, 0.25) is 0 Å². The van der Waals surface area contributed by atoms with Gasteiger partial charge in [-0.3, -0.25) is 0 Å². The summed E-state index contributed by atoms with van der Waals surface area (Å²) < 4.78 is 9.06. The number of carbonyl (C=O) groups excluding carboxylic acids is 1. The first-order valence-electron chi connectivity index (χ1n) is 7.64. The van der Waals surface area contributed by atoms with Gasteiger partial charge in [-0.05, 0) is 108 Å². The summed E-state index contributed by atoms with van der Waals surface area (Å²) in [5.74, 6) is -0.193. The molecule has 3 nitrogen and oxygen atoms in total. The Balaban J connectivity index is 2.21. The molecule has 0 aliphatic carbocycles. The van der Waals surface area contributed by atoms with Crippen molar-refractivity contribution in [1.29, 1.82) is 0 Å². The van der Waals surface area contributed by atoms with Crippen LogP contribution < -0.4 is 4.90 Å². The van der Waals surface area contributed by atoms with Crippen molar-refractivity contribution in [2.75, 3.05) is 7.05 Å². The molecule has 0 amide bonds. The zero-order chi connectivity index (χ0) is 17.6. The molecule has 0 aromatic heterocycles. The molecule has 2 rings (SSSR count). The van der Waals surface area contributed by atoms with Gasteiger partial charge in [-0.2, -0.15) is 0 Å². The van der Waals surface area contributed by atoms with Gasteiger partial charge in [-0.25, -0.2) is 4.79 Å². The van der Waals surface area contributed by atoms with Crippen molar-refractivity contribution in [3.63, 3.8) is 0 Å². The van der Waals surface area contributed by atoms with E-state index in [9.17, 15) is 4.79 Å². The number of halogens is 3. The van der Waals surface area contributed by atoms with Gasteiger partial charge in [-0.15, -0.1) is 0 Å². The van der Waals surface area contributed by atoms with Crippen LogP contribution in [0.3, 0.4) is 0 Å². The first-order chi connectivity index (χ1) is 10.4. The molecule has 1 aromatic carbocycles. The summed E-state index contributed by atoms with van der Waals surface area (Å²) in [6.45, 7) is 9.01. The number of hydrogen-bond donors (Lipinski definition) is 1. The number of esters is 1. The van der Waals surface area contributed by atoms with E-state index >= 15 is 0 Å². The first-order valence-corrected chi connectivity index (χ1v) is 10.9. The molecular formula is C17H23I3NO2+. The summed E-state index contributed by atoms with van der Waals surface area (Å²) in [6, 6.07) is 3.99. The van der Waals surface area contributed by atoms with Gasteiger partial charge in [0, 0.05) is 23.6 Å². The highest BCUT2D eigenvalue weighted by Crippen LogP contribution is 2.28. The number of benzene rings is 1. The Hall–Kier alpha value is 0.840. The molecule has 6 heteroatoms. The molecule has 0 radical (unpaired) electrons. The lowest BCUT2D eigenvalue weighted by Gasteiger charge is -2.49. The molecule has 0 saturated carbocycles. The van der Waals surface area contributed by atoms with Gasteiger partial charge in [0.15, 0.2) is 0 Å². The lowest BCUT2D eigenvalue weighted by Crippen LogP contribution is -3.24. The normalized spacial score (nSPS) is 25.9. The Kier molecular flexibility index (Phi) is 6.33. The molecule has 1 aromatic rings. The highest BCUT2D eigenvalue weighted by molar-refractivity contribution is 14.1. The topological polar surface area (TPSA) is 30.7 Å². The van der Waals surface area contributed by atoms with Crippen LogP contribution in [0.4, 0.5) is 0 Å². The Bertz CT molecular complexity index is 611. The van der Waals surface area contributed by atoms with E-state index in [1.165, 1.54) is 4.90 Å². The van der Waals surface area contributed by atoms with Gasteiger partial charge in [-0.1, -0.05) is 0 Å². The number of piperidine rings is 1. The number of hydrogen-bond acceptors (Lipinski definition) is 2. The van der Waals surface area contributed by atoms with Crippen molar-refractivity contribution in [3.8, 4) is 0 Å². The van der Waals surface area contributed by atoms with Gasteiger partial charge in [0.25, 0.3) is 0 Å². The molecular weight excluding hydrogens is 631 g/mol. The van der Waals surface area contributed by atoms with E-state index in [1.54, 1.807) is 0 Å². The third-order valence-corrected chi connectivity index (χ3v) is 8.66. The second-order valence-corrected chi connectivity index (χ2v) is 11.1. The van der Waals surface area contributed by atoms with E-state index in [0.29, 0.717) is 5.56 Å². The van der Waals surface area contributed by atoms with Gasteiger partial charge in [0.2, 0.25) is 0 Å². The number of nitrogens with one attached hydrogen (secondary N) is 1. The van der Waals surface area contributed by atoms with Crippen molar-refractivity contribution in [1.82, 2.24) is 0 Å². The SMILES string of the molecule is C[NH+]1C(C)(C)CC(OC(=O)c2cc(I)cc(I)c2I)CC1(C)C. The maximum absolute atomic E-state index is 12.7. The molecule has 0 atom stereocenters. The van der Waals surface area contributed by atoms with Gasteiger partial charge in [0.1, 0.15) is 6.10 Å². The van der Waals surface area contributed by atoms with Crippen LogP contribution >= 0.6 is 67.8 Å². The molecule has 128 valence electrons. The molecule has 1 aliphatic heterocycles. The van der Waals surface area contributed by atoms with E-state index in [1.807, 2.05) is 6.07 Å². The lowest BCUT2D eigenvalue weighted by atomic mass is 9.79. The summed E-state index contributed by atoms with van der Waals surface area (Å²) >= 11 is 6.75. The van der Waals surface area contributed by atoms with Crippen LogP contribution in [0.5, 0.6) is 0 Å². The van der Waals surface area contributed by atoms with Crippen molar-refractivity contribution in [2.24, 2.45) is 0 Å². The first kappa shape index (κ1) is 20.2. The number of carbonyl (C=O) groups is 1. The fourth-order valence-corrected chi connectivity index (χ4v) is 5.81. The van der Waals surface area contributed by atoms with Crippen molar-refractivity contribution >= 4 is 73.7 Å². The Morgan fingerprint density at radius 3 is 2.17 bits per heavy atom. The molecule has 0 bridgehead atoms. The summed E-state index contributed by atoms with van der Waals surface area (Å²) in [4.78, 5) is 14.2. The highest BCUT2D eigenvalue weighted by atomic mass is 127. The van der Waals surface area contributed by atoms with Crippen LogP contribution in [0.25, 0.3) is 0 Å². The fraction of sp³-hybridized carbons (Fsp3) is 0.588. The summed E-state index contributed by atoms with van der Waals surface area (Å²) in [5.41, 5.74) is 0.877. The number of rotatable bonds is 2. The zero-order valence-corrected chi connectivity index (χ0v) is 20.6. The lowest BCUT2D eigenvalue weighted by molar-refractivity contribution is -0.983. The molecule has 0 spiro atoms. The van der Waals surface area contributed by atoms with E-state index in [0.717, 1.165) is 23.6 Å².